The third-order valence-corrected chi connectivity index (χ3v) is 3.18. The van der Waals surface area contributed by atoms with Crippen molar-refractivity contribution < 1.29 is 24.2 Å². The molecule has 8 nitrogen and oxygen atoms in total. The van der Waals surface area contributed by atoms with Crippen LogP contribution in [0.15, 0.2) is 0 Å². The lowest BCUT2D eigenvalue weighted by Gasteiger charge is -2.35. The van der Waals surface area contributed by atoms with Crippen LogP contribution < -0.4 is 11.1 Å². The van der Waals surface area contributed by atoms with Gasteiger partial charge in [0.15, 0.2) is 0 Å². The van der Waals surface area contributed by atoms with E-state index in [4.69, 9.17) is 15.6 Å². The van der Waals surface area contributed by atoms with Gasteiger partial charge in [0.25, 0.3) is 0 Å². The Morgan fingerprint density at radius 3 is 2.75 bits per heavy atom. The number of nitrogens with two attached hydrogens (primary N) is 1. The fraction of sp³-hybridized carbons (Fsp3) is 0.750. The molecule has 3 amide bonds. The van der Waals surface area contributed by atoms with Crippen molar-refractivity contribution in [3.63, 3.8) is 0 Å². The normalized spacial score (nSPS) is 22.4. The molecule has 1 fully saturated rings. The van der Waals surface area contributed by atoms with Crippen LogP contribution in [0.5, 0.6) is 0 Å². The van der Waals surface area contributed by atoms with Crippen molar-refractivity contribution in [2.45, 2.75) is 25.8 Å². The number of hydrogen-bond acceptors (Lipinski definition) is 4. The number of likely N-dealkylation sites (tertiary alicyclic amines) is 1. The zero-order chi connectivity index (χ0) is 15.1. The van der Waals surface area contributed by atoms with E-state index in [0.717, 1.165) is 6.42 Å². The monoisotopic (exact) mass is 287 g/mol. The van der Waals surface area contributed by atoms with Gasteiger partial charge in [-0.15, -0.1) is 0 Å². The van der Waals surface area contributed by atoms with Gasteiger partial charge in [-0.25, -0.2) is 9.59 Å². The molecule has 0 aromatic carbocycles. The summed E-state index contributed by atoms with van der Waals surface area (Å²) < 4.78 is 4.90. The summed E-state index contributed by atoms with van der Waals surface area (Å²) >= 11 is 0. The Balaban J connectivity index is 2.37. The number of ether oxygens (including phenoxy) is 1. The molecular formula is C12H21N3O5. The minimum Gasteiger partial charge on any atom is -0.480 e. The first-order chi connectivity index (χ1) is 9.41. The third-order valence-electron chi connectivity index (χ3n) is 3.18. The fourth-order valence-electron chi connectivity index (χ4n) is 2.12. The van der Waals surface area contributed by atoms with E-state index in [0.29, 0.717) is 18.9 Å². The smallest absolute Gasteiger partial charge is 0.326 e. The Morgan fingerprint density at radius 2 is 2.15 bits per heavy atom. The molecule has 1 aliphatic rings. The minimum atomic E-state index is -0.989. The van der Waals surface area contributed by atoms with Crippen molar-refractivity contribution in [3.8, 4) is 0 Å². The van der Waals surface area contributed by atoms with Crippen LogP contribution in [0.1, 0.15) is 19.8 Å². The molecule has 114 valence electrons. The molecule has 4 N–H and O–H groups in total. The van der Waals surface area contributed by atoms with Gasteiger partial charge in [0.2, 0.25) is 5.91 Å². The zero-order valence-electron chi connectivity index (χ0n) is 11.5. The first-order valence-corrected chi connectivity index (χ1v) is 6.55. The van der Waals surface area contributed by atoms with Gasteiger partial charge in [0, 0.05) is 13.1 Å². The molecule has 1 aliphatic heterocycles. The van der Waals surface area contributed by atoms with Gasteiger partial charge >= 0.3 is 12.0 Å². The quantitative estimate of drug-likeness (QED) is 0.562. The highest BCUT2D eigenvalue weighted by molar-refractivity contribution is 5.82. The first-order valence-electron chi connectivity index (χ1n) is 6.55. The number of hydrogen-bond donors (Lipinski definition) is 3. The average molecular weight is 287 g/mol. The van der Waals surface area contributed by atoms with Gasteiger partial charge in [-0.3, -0.25) is 4.79 Å². The summed E-state index contributed by atoms with van der Waals surface area (Å²) in [6, 6.07) is -1.21. The SMILES string of the molecule is CC1CCN(C(=O)NCCOCC(N)=O)C(C(=O)O)C1. The van der Waals surface area contributed by atoms with Crippen LogP contribution in [0, 0.1) is 5.92 Å². The predicted molar refractivity (Wildman–Crippen MR) is 69.9 cm³/mol. The fourth-order valence-corrected chi connectivity index (χ4v) is 2.12. The summed E-state index contributed by atoms with van der Waals surface area (Å²) in [5.41, 5.74) is 4.89. The number of nitrogens with one attached hydrogen (secondary N) is 1. The number of carboxylic acid groups (broad SMARTS) is 1. The average Bonchev–Trinajstić information content (AvgIpc) is 2.37. The van der Waals surface area contributed by atoms with Gasteiger partial charge < -0.3 is 25.8 Å². The molecule has 8 heteroatoms. The highest BCUT2D eigenvalue weighted by atomic mass is 16.5. The van der Waals surface area contributed by atoms with Crippen molar-refractivity contribution >= 4 is 17.9 Å². The molecule has 1 rings (SSSR count). The number of urea groups is 1. The largest absolute Gasteiger partial charge is 0.480 e. The molecule has 2 unspecified atom stereocenters. The molecule has 2 atom stereocenters. The van der Waals surface area contributed by atoms with Crippen LogP contribution >= 0.6 is 0 Å². The Morgan fingerprint density at radius 1 is 1.45 bits per heavy atom. The van der Waals surface area contributed by atoms with E-state index >= 15 is 0 Å². The Kier molecular flexibility index (Phi) is 6.23. The standard InChI is InChI=1S/C12H21N3O5/c1-8-2-4-15(9(6-8)11(17)18)12(19)14-3-5-20-7-10(13)16/h8-9H,2-7H2,1H3,(H2,13,16)(H,14,19)(H,17,18). The maximum Gasteiger partial charge on any atom is 0.326 e. The second-order valence-electron chi connectivity index (χ2n) is 4.93. The number of rotatable bonds is 6. The summed E-state index contributed by atoms with van der Waals surface area (Å²) in [6.07, 6.45) is 1.25. The van der Waals surface area contributed by atoms with Gasteiger partial charge in [-0.1, -0.05) is 6.92 Å². The molecule has 0 spiro atoms. The van der Waals surface area contributed by atoms with Crippen LogP contribution in [0.4, 0.5) is 4.79 Å². The second kappa shape index (κ2) is 7.68. The first kappa shape index (κ1) is 16.2. The van der Waals surface area contributed by atoms with Crippen LogP contribution in [0.2, 0.25) is 0 Å². The molecule has 0 aromatic heterocycles. The predicted octanol–water partition coefficient (Wildman–Crippen LogP) is -0.617. The molecule has 0 bridgehead atoms. The van der Waals surface area contributed by atoms with Crippen LogP contribution in [0.25, 0.3) is 0 Å². The van der Waals surface area contributed by atoms with Gasteiger partial charge in [0.05, 0.1) is 6.61 Å². The van der Waals surface area contributed by atoms with Gasteiger partial charge in [0.1, 0.15) is 12.6 Å². The number of carboxylic acids is 1. The Bertz CT molecular complexity index is 374. The summed E-state index contributed by atoms with van der Waals surface area (Å²) in [6.45, 7) is 2.55. The van der Waals surface area contributed by atoms with Crippen LogP contribution in [-0.4, -0.2) is 60.3 Å². The van der Waals surface area contributed by atoms with E-state index in [9.17, 15) is 14.4 Å². The number of amides is 3. The highest BCUT2D eigenvalue weighted by Crippen LogP contribution is 2.22. The number of piperidine rings is 1. The van der Waals surface area contributed by atoms with E-state index < -0.39 is 23.9 Å². The highest BCUT2D eigenvalue weighted by Gasteiger charge is 2.34. The van der Waals surface area contributed by atoms with Crippen molar-refractivity contribution in [1.82, 2.24) is 10.2 Å². The lowest BCUT2D eigenvalue weighted by atomic mass is 9.93. The molecular weight excluding hydrogens is 266 g/mol. The zero-order valence-corrected chi connectivity index (χ0v) is 11.5. The molecule has 1 heterocycles. The lowest BCUT2D eigenvalue weighted by Crippen LogP contribution is -2.53. The summed E-state index contributed by atoms with van der Waals surface area (Å²) in [5.74, 6) is -1.27. The van der Waals surface area contributed by atoms with Gasteiger partial charge in [-0.2, -0.15) is 0 Å². The topological polar surface area (TPSA) is 122 Å². The van der Waals surface area contributed by atoms with Crippen molar-refractivity contribution in [2.75, 3.05) is 26.3 Å². The lowest BCUT2D eigenvalue weighted by molar-refractivity contribution is -0.143. The number of nitrogens with zero attached hydrogens (tertiary/aromatic N) is 1. The van der Waals surface area contributed by atoms with Crippen molar-refractivity contribution in [2.24, 2.45) is 11.7 Å². The van der Waals surface area contributed by atoms with E-state index in [1.54, 1.807) is 0 Å². The van der Waals surface area contributed by atoms with E-state index in [1.165, 1.54) is 4.90 Å². The number of carbonyl (C=O) groups excluding carboxylic acids is 2. The number of aliphatic carboxylic acids is 1. The van der Waals surface area contributed by atoms with E-state index in [1.807, 2.05) is 6.92 Å². The molecule has 0 aromatic rings. The molecule has 0 saturated carbocycles. The molecule has 20 heavy (non-hydrogen) atoms. The van der Waals surface area contributed by atoms with Gasteiger partial charge in [-0.05, 0) is 18.8 Å². The van der Waals surface area contributed by atoms with Crippen molar-refractivity contribution in [1.29, 1.82) is 0 Å². The van der Waals surface area contributed by atoms with E-state index in [2.05, 4.69) is 5.32 Å². The van der Waals surface area contributed by atoms with Crippen LogP contribution in [0.3, 0.4) is 0 Å². The Labute approximate surface area is 117 Å². The maximum atomic E-state index is 11.9. The summed E-state index contributed by atoms with van der Waals surface area (Å²) in [7, 11) is 0. The molecule has 0 aliphatic carbocycles. The summed E-state index contributed by atoms with van der Waals surface area (Å²) in [5, 5.41) is 11.7. The van der Waals surface area contributed by atoms with Crippen LogP contribution in [-0.2, 0) is 14.3 Å². The Hall–Kier alpha value is -1.83. The third kappa shape index (κ3) is 5.04. The van der Waals surface area contributed by atoms with E-state index in [-0.39, 0.29) is 19.8 Å². The summed E-state index contributed by atoms with van der Waals surface area (Å²) in [4.78, 5) is 34.8. The molecule has 1 saturated heterocycles. The maximum absolute atomic E-state index is 11.9. The van der Waals surface area contributed by atoms with Crippen molar-refractivity contribution in [3.05, 3.63) is 0 Å². The number of primary amides is 1. The minimum absolute atomic E-state index is 0.149. The number of carbonyl (C=O) groups is 3. The second-order valence-corrected chi connectivity index (χ2v) is 4.93. The molecule has 0 radical (unpaired) electrons.